The molecule has 1 nitrogen and oxygen atoms in total. The van der Waals surface area contributed by atoms with E-state index in [1.807, 2.05) is 0 Å². The molecule has 2 rings (SSSR count). The third kappa shape index (κ3) is 1.77. The van der Waals surface area contributed by atoms with Gasteiger partial charge in [0.1, 0.15) is 0 Å². The molecule has 1 aliphatic rings. The first kappa shape index (κ1) is 9.18. The summed E-state index contributed by atoms with van der Waals surface area (Å²) in [6.45, 7) is 3.64. The lowest BCUT2D eigenvalue weighted by Gasteiger charge is -2.23. The maximum atomic E-state index is 2.52. The molecule has 1 heterocycles. The van der Waals surface area contributed by atoms with Crippen molar-refractivity contribution in [3.8, 4) is 0 Å². The molecule has 1 aliphatic heterocycles. The molecule has 70 valence electrons. The van der Waals surface area contributed by atoms with Gasteiger partial charge in [0.25, 0.3) is 0 Å². The number of benzene rings is 1. The van der Waals surface area contributed by atoms with Gasteiger partial charge in [-0.15, -0.1) is 0 Å². The molecule has 1 fully saturated rings. The van der Waals surface area contributed by atoms with Crippen molar-refractivity contribution in [1.82, 2.24) is 4.67 Å². The van der Waals surface area contributed by atoms with Gasteiger partial charge in [0, 0.05) is 6.54 Å². The van der Waals surface area contributed by atoms with E-state index in [1.54, 1.807) is 0 Å². The summed E-state index contributed by atoms with van der Waals surface area (Å²) < 4.78 is 2.52. The van der Waals surface area contributed by atoms with Crippen LogP contribution in [0.2, 0.25) is 0 Å². The first-order valence-corrected chi connectivity index (χ1v) is 6.21. The molecule has 2 atom stereocenters. The predicted molar refractivity (Wildman–Crippen MR) is 59.7 cm³/mol. The Kier molecular flexibility index (Phi) is 2.66. The van der Waals surface area contributed by atoms with E-state index >= 15 is 0 Å². The fraction of sp³-hybridized carbons (Fsp3) is 0.455. The van der Waals surface area contributed by atoms with Crippen molar-refractivity contribution in [2.24, 2.45) is 0 Å². The van der Waals surface area contributed by atoms with Crippen LogP contribution in [0, 0.1) is 0 Å². The van der Waals surface area contributed by atoms with Crippen molar-refractivity contribution < 1.29 is 0 Å². The Bertz CT molecular complexity index is 263. The minimum absolute atomic E-state index is 0.0293. The molecule has 0 N–H and O–H groups in total. The highest BCUT2D eigenvalue weighted by Gasteiger charge is 2.28. The molecule has 0 spiro atoms. The Balaban J connectivity index is 2.25. The third-order valence-electron chi connectivity index (χ3n) is 2.68. The molecular weight excluding hydrogens is 177 g/mol. The molecule has 13 heavy (non-hydrogen) atoms. The third-order valence-corrected chi connectivity index (χ3v) is 5.53. The molecule has 2 unspecified atom stereocenters. The van der Waals surface area contributed by atoms with E-state index in [4.69, 9.17) is 0 Å². The van der Waals surface area contributed by atoms with Crippen LogP contribution in [0.3, 0.4) is 0 Å². The van der Waals surface area contributed by atoms with Crippen molar-refractivity contribution in [3.05, 3.63) is 30.3 Å². The molecule has 0 saturated carbocycles. The first-order valence-electron chi connectivity index (χ1n) is 4.84. The Morgan fingerprint density at radius 2 is 2.00 bits per heavy atom. The summed E-state index contributed by atoms with van der Waals surface area (Å²) >= 11 is 0. The molecule has 1 saturated heterocycles. The van der Waals surface area contributed by atoms with E-state index in [0.29, 0.717) is 0 Å². The van der Waals surface area contributed by atoms with E-state index in [-0.39, 0.29) is 8.07 Å². The largest absolute Gasteiger partial charge is 0.281 e. The van der Waals surface area contributed by atoms with Crippen LogP contribution in [0.1, 0.15) is 13.3 Å². The predicted octanol–water partition coefficient (Wildman–Crippen LogP) is 2.43. The van der Waals surface area contributed by atoms with Crippen LogP contribution in [0.5, 0.6) is 0 Å². The van der Waals surface area contributed by atoms with E-state index in [1.165, 1.54) is 18.3 Å². The molecule has 0 radical (unpaired) electrons. The summed E-state index contributed by atoms with van der Waals surface area (Å²) in [6, 6.07) is 10.9. The summed E-state index contributed by atoms with van der Waals surface area (Å²) in [5, 5.41) is 1.53. The lowest BCUT2D eigenvalue weighted by Crippen LogP contribution is -2.15. The molecule has 0 bridgehead atoms. The maximum absolute atomic E-state index is 2.52. The lowest BCUT2D eigenvalue weighted by atomic mass is 10.3. The molecule has 1 aromatic rings. The Labute approximate surface area is 81.6 Å². The highest BCUT2D eigenvalue weighted by atomic mass is 31.1. The Morgan fingerprint density at radius 1 is 1.31 bits per heavy atom. The Hall–Kier alpha value is -0.390. The summed E-state index contributed by atoms with van der Waals surface area (Å²) in [5.41, 5.74) is 0.863. The fourth-order valence-corrected chi connectivity index (χ4v) is 4.72. The van der Waals surface area contributed by atoms with Crippen molar-refractivity contribution in [3.63, 3.8) is 0 Å². The van der Waals surface area contributed by atoms with Crippen molar-refractivity contribution in [2.75, 3.05) is 13.6 Å². The van der Waals surface area contributed by atoms with Gasteiger partial charge < -0.3 is 0 Å². The highest BCUT2D eigenvalue weighted by Crippen LogP contribution is 2.49. The topological polar surface area (TPSA) is 3.24 Å². The van der Waals surface area contributed by atoms with Crippen molar-refractivity contribution in [1.29, 1.82) is 0 Å². The van der Waals surface area contributed by atoms with Crippen molar-refractivity contribution in [2.45, 2.75) is 19.0 Å². The van der Waals surface area contributed by atoms with Gasteiger partial charge in [-0.1, -0.05) is 37.3 Å². The SMILES string of the molecule is CC1CCN(C)P1c1ccccc1. The number of hydrogen-bond donors (Lipinski definition) is 0. The summed E-state index contributed by atoms with van der Waals surface area (Å²) in [4.78, 5) is 0. The summed E-state index contributed by atoms with van der Waals surface area (Å²) in [5.74, 6) is 0. The van der Waals surface area contributed by atoms with Gasteiger partial charge in [0.15, 0.2) is 0 Å². The van der Waals surface area contributed by atoms with Crippen LogP contribution >= 0.6 is 8.07 Å². The fourth-order valence-electron chi connectivity index (χ4n) is 1.97. The van der Waals surface area contributed by atoms with Crippen LogP contribution in [0.4, 0.5) is 0 Å². The highest BCUT2D eigenvalue weighted by molar-refractivity contribution is 7.64. The second-order valence-corrected chi connectivity index (χ2v) is 6.47. The molecule has 2 heteroatoms. The standard InChI is InChI=1S/C11H16NP/c1-10-8-9-12(2)13(10)11-6-4-3-5-7-11/h3-7,10H,8-9H2,1-2H3. The van der Waals surface area contributed by atoms with Crippen LogP contribution in [0.25, 0.3) is 0 Å². The Morgan fingerprint density at radius 3 is 2.54 bits per heavy atom. The average Bonchev–Trinajstić information content (AvgIpc) is 2.48. The number of hydrogen-bond acceptors (Lipinski definition) is 1. The maximum Gasteiger partial charge on any atom is 0.00272 e. The van der Waals surface area contributed by atoms with Crippen LogP contribution in [0.15, 0.2) is 30.3 Å². The van der Waals surface area contributed by atoms with Crippen molar-refractivity contribution >= 4 is 13.4 Å². The number of nitrogens with zero attached hydrogens (tertiary/aromatic N) is 1. The van der Waals surface area contributed by atoms with E-state index < -0.39 is 0 Å². The van der Waals surface area contributed by atoms with E-state index in [9.17, 15) is 0 Å². The molecular formula is C11H16NP. The summed E-state index contributed by atoms with van der Waals surface area (Å²) in [7, 11) is 2.22. The van der Waals surface area contributed by atoms with Gasteiger partial charge in [-0.2, -0.15) is 0 Å². The zero-order valence-corrected chi connectivity index (χ0v) is 9.17. The molecule has 1 aromatic carbocycles. The zero-order chi connectivity index (χ0) is 9.26. The monoisotopic (exact) mass is 193 g/mol. The minimum atomic E-state index is -0.0293. The quantitative estimate of drug-likeness (QED) is 0.619. The molecule has 0 aliphatic carbocycles. The van der Waals surface area contributed by atoms with Crippen LogP contribution in [-0.4, -0.2) is 23.9 Å². The van der Waals surface area contributed by atoms with E-state index in [0.717, 1.165) is 5.66 Å². The van der Waals surface area contributed by atoms with Crippen LogP contribution < -0.4 is 5.30 Å². The van der Waals surface area contributed by atoms with Gasteiger partial charge >= 0.3 is 0 Å². The lowest BCUT2D eigenvalue weighted by molar-refractivity contribution is 0.580. The average molecular weight is 193 g/mol. The molecule has 0 amide bonds. The van der Waals surface area contributed by atoms with Gasteiger partial charge in [-0.3, -0.25) is 4.67 Å². The first-order chi connectivity index (χ1) is 6.29. The van der Waals surface area contributed by atoms with Gasteiger partial charge in [0.05, 0.1) is 0 Å². The zero-order valence-electron chi connectivity index (χ0n) is 8.27. The molecule has 0 aromatic heterocycles. The van der Waals surface area contributed by atoms with Gasteiger partial charge in [-0.05, 0) is 32.5 Å². The smallest absolute Gasteiger partial charge is 0.00272 e. The summed E-state index contributed by atoms with van der Waals surface area (Å²) in [6.07, 6.45) is 1.36. The number of rotatable bonds is 1. The van der Waals surface area contributed by atoms with Gasteiger partial charge in [0.2, 0.25) is 0 Å². The van der Waals surface area contributed by atoms with E-state index in [2.05, 4.69) is 49.0 Å². The minimum Gasteiger partial charge on any atom is -0.281 e. The van der Waals surface area contributed by atoms with Gasteiger partial charge in [-0.25, -0.2) is 0 Å². The second kappa shape index (κ2) is 3.77. The normalized spacial score (nSPS) is 29.4. The van der Waals surface area contributed by atoms with Crippen LogP contribution in [-0.2, 0) is 0 Å². The second-order valence-electron chi connectivity index (χ2n) is 3.70.